The van der Waals surface area contributed by atoms with E-state index in [1.165, 1.54) is 0 Å². The summed E-state index contributed by atoms with van der Waals surface area (Å²) >= 11 is 0. The van der Waals surface area contributed by atoms with E-state index in [0.717, 1.165) is 6.92 Å². The summed E-state index contributed by atoms with van der Waals surface area (Å²) in [5.74, 6) is -19.0. The van der Waals surface area contributed by atoms with Crippen LogP contribution in [0.3, 0.4) is 0 Å². The Morgan fingerprint density at radius 2 is 1.06 bits per heavy atom. The predicted molar refractivity (Wildman–Crippen MR) is 35.7 cm³/mol. The van der Waals surface area contributed by atoms with Crippen molar-refractivity contribution in [3.63, 3.8) is 0 Å². The van der Waals surface area contributed by atoms with Crippen LogP contribution in [0.25, 0.3) is 0 Å². The van der Waals surface area contributed by atoms with Crippen molar-refractivity contribution in [1.29, 1.82) is 0 Å². The van der Waals surface area contributed by atoms with Crippen molar-refractivity contribution < 1.29 is 39.5 Å². The van der Waals surface area contributed by atoms with Crippen molar-refractivity contribution in [1.82, 2.24) is 0 Å². The highest BCUT2D eigenvalue weighted by Gasteiger charge is 2.80. The zero-order valence-electron chi connectivity index (χ0n) is 7.56. The molecule has 0 atom stereocenters. The third-order valence-corrected chi connectivity index (χ3v) is 1.54. The molecule has 0 amide bonds. The Labute approximate surface area is 83.7 Å². The Morgan fingerprint density at radius 3 is 1.31 bits per heavy atom. The van der Waals surface area contributed by atoms with Crippen LogP contribution in [-0.4, -0.2) is 23.9 Å². The molecule has 0 spiro atoms. The van der Waals surface area contributed by atoms with Crippen LogP contribution in [0, 0.1) is 0 Å². The van der Waals surface area contributed by atoms with E-state index in [1.807, 2.05) is 0 Å². The van der Waals surface area contributed by atoms with Gasteiger partial charge in [-0.05, 0) is 13.0 Å². The Balaban J connectivity index is 5.52. The second-order valence-corrected chi connectivity index (χ2v) is 2.77. The fourth-order valence-electron chi connectivity index (χ4n) is 0.701. The summed E-state index contributed by atoms with van der Waals surface area (Å²) in [7, 11) is 0. The van der Waals surface area contributed by atoms with Crippen molar-refractivity contribution >= 4 is 0 Å². The molecule has 0 aliphatic heterocycles. The normalized spacial score (nSPS) is 15.9. The van der Waals surface area contributed by atoms with Crippen LogP contribution in [0.15, 0.2) is 12.2 Å². The SMILES string of the molecule is CC=CC(F)(F)C(F)(F)C(F)(F)C(F)(F)F. The minimum absolute atomic E-state index is 0.250. The highest BCUT2D eigenvalue weighted by molar-refractivity contribution is 5.09. The lowest BCUT2D eigenvalue weighted by molar-refractivity contribution is -0.388. The summed E-state index contributed by atoms with van der Waals surface area (Å²) < 4.78 is 108. The molecule has 0 unspecified atom stereocenters. The largest absolute Gasteiger partial charge is 0.460 e. The zero-order valence-corrected chi connectivity index (χ0v) is 7.56. The molecular formula is C7H5F9. The van der Waals surface area contributed by atoms with Gasteiger partial charge in [0.25, 0.3) is 0 Å². The Hall–Kier alpha value is -0.890. The maximum atomic E-state index is 12.4. The van der Waals surface area contributed by atoms with Crippen molar-refractivity contribution in [2.75, 3.05) is 0 Å². The Morgan fingerprint density at radius 1 is 0.688 bits per heavy atom. The maximum absolute atomic E-state index is 12.4. The fraction of sp³-hybridized carbons (Fsp3) is 0.714. The lowest BCUT2D eigenvalue weighted by Gasteiger charge is -2.32. The monoisotopic (exact) mass is 260 g/mol. The molecule has 0 saturated heterocycles. The number of halogens is 9. The van der Waals surface area contributed by atoms with Gasteiger partial charge in [0.15, 0.2) is 0 Å². The molecule has 0 aromatic rings. The second kappa shape index (κ2) is 3.85. The van der Waals surface area contributed by atoms with Gasteiger partial charge < -0.3 is 0 Å². The Kier molecular flexibility index (Phi) is 3.63. The molecule has 16 heavy (non-hydrogen) atoms. The van der Waals surface area contributed by atoms with Gasteiger partial charge in [0.05, 0.1) is 0 Å². The molecule has 0 aliphatic rings. The quantitative estimate of drug-likeness (QED) is 0.530. The third-order valence-electron chi connectivity index (χ3n) is 1.54. The van der Waals surface area contributed by atoms with Gasteiger partial charge in [-0.1, -0.05) is 6.08 Å². The molecule has 9 heteroatoms. The molecule has 0 saturated carbocycles. The highest BCUT2D eigenvalue weighted by atomic mass is 19.4. The number of hydrogen-bond donors (Lipinski definition) is 0. The van der Waals surface area contributed by atoms with E-state index in [2.05, 4.69) is 0 Å². The van der Waals surface area contributed by atoms with E-state index in [1.54, 1.807) is 0 Å². The molecule has 96 valence electrons. The number of allylic oxidation sites excluding steroid dienone is 2. The lowest BCUT2D eigenvalue weighted by atomic mass is 10.0. The van der Waals surface area contributed by atoms with Crippen LogP contribution in [-0.2, 0) is 0 Å². The van der Waals surface area contributed by atoms with Crippen molar-refractivity contribution in [2.24, 2.45) is 0 Å². The van der Waals surface area contributed by atoms with Gasteiger partial charge in [-0.25, -0.2) is 0 Å². The van der Waals surface area contributed by atoms with Gasteiger partial charge >= 0.3 is 23.9 Å². The third kappa shape index (κ3) is 2.12. The minimum atomic E-state index is -6.82. The molecule has 0 heterocycles. The summed E-state index contributed by atoms with van der Waals surface area (Å²) in [6, 6.07) is 0. The van der Waals surface area contributed by atoms with Gasteiger partial charge in [-0.2, -0.15) is 39.5 Å². The van der Waals surface area contributed by atoms with E-state index in [9.17, 15) is 39.5 Å². The van der Waals surface area contributed by atoms with E-state index >= 15 is 0 Å². The highest BCUT2D eigenvalue weighted by Crippen LogP contribution is 2.53. The molecule has 0 nitrogen and oxygen atoms in total. The molecule has 0 radical (unpaired) electrons. The summed E-state index contributed by atoms with van der Waals surface area (Å²) in [5.41, 5.74) is 0. The summed E-state index contributed by atoms with van der Waals surface area (Å²) in [5, 5.41) is 0. The molecule has 0 aromatic heterocycles. The van der Waals surface area contributed by atoms with E-state index in [0.29, 0.717) is 0 Å². The number of alkyl halides is 9. The number of hydrogen-bond acceptors (Lipinski definition) is 0. The lowest BCUT2D eigenvalue weighted by Crippen LogP contribution is -2.60. The van der Waals surface area contributed by atoms with Crippen molar-refractivity contribution in [3.05, 3.63) is 12.2 Å². The molecule has 0 aliphatic carbocycles. The van der Waals surface area contributed by atoms with Crippen LogP contribution < -0.4 is 0 Å². The van der Waals surface area contributed by atoms with Crippen LogP contribution in [0.2, 0.25) is 0 Å². The van der Waals surface area contributed by atoms with Gasteiger partial charge in [0, 0.05) is 0 Å². The summed E-state index contributed by atoms with van der Waals surface area (Å²) in [4.78, 5) is 0. The first-order chi connectivity index (χ1) is 6.81. The molecular weight excluding hydrogens is 255 g/mol. The van der Waals surface area contributed by atoms with Crippen molar-refractivity contribution in [2.45, 2.75) is 30.9 Å². The Bertz CT molecular complexity index is 272. The first-order valence-electron chi connectivity index (χ1n) is 3.65. The van der Waals surface area contributed by atoms with Gasteiger partial charge in [0.2, 0.25) is 0 Å². The van der Waals surface area contributed by atoms with Crippen LogP contribution in [0.4, 0.5) is 39.5 Å². The average molecular weight is 260 g/mol. The smallest absolute Gasteiger partial charge is 0.195 e. The zero-order chi connectivity index (χ0) is 13.4. The van der Waals surface area contributed by atoms with E-state index in [-0.39, 0.29) is 6.08 Å². The molecule has 0 fully saturated rings. The molecule has 0 N–H and O–H groups in total. The summed E-state index contributed by atoms with van der Waals surface area (Å²) in [6.07, 6.45) is -7.23. The van der Waals surface area contributed by atoms with Crippen LogP contribution >= 0.6 is 0 Å². The van der Waals surface area contributed by atoms with Crippen molar-refractivity contribution in [3.8, 4) is 0 Å². The van der Waals surface area contributed by atoms with E-state index < -0.39 is 30.0 Å². The van der Waals surface area contributed by atoms with Gasteiger partial charge in [-0.3, -0.25) is 0 Å². The topological polar surface area (TPSA) is 0 Å². The predicted octanol–water partition coefficient (Wildman–Crippen LogP) is 4.03. The van der Waals surface area contributed by atoms with E-state index in [4.69, 9.17) is 0 Å². The number of rotatable bonds is 3. The summed E-state index contributed by atoms with van der Waals surface area (Å²) in [6.45, 7) is 0.774. The molecule has 0 bridgehead atoms. The van der Waals surface area contributed by atoms with Gasteiger partial charge in [0.1, 0.15) is 0 Å². The van der Waals surface area contributed by atoms with Crippen LogP contribution in [0.1, 0.15) is 6.92 Å². The minimum Gasteiger partial charge on any atom is -0.195 e. The van der Waals surface area contributed by atoms with Gasteiger partial charge in [-0.15, -0.1) is 0 Å². The second-order valence-electron chi connectivity index (χ2n) is 2.77. The average Bonchev–Trinajstić information content (AvgIpc) is 2.01. The first kappa shape index (κ1) is 15.1. The fourth-order valence-corrected chi connectivity index (χ4v) is 0.701. The molecule has 0 aromatic carbocycles. The standard InChI is InChI=1S/C7H5F9/c1-2-3-4(8,9)5(10,11)6(12,13)7(14,15)16/h2-3H,1H3. The molecule has 0 rings (SSSR count). The first-order valence-corrected chi connectivity index (χ1v) is 3.65. The van der Waals surface area contributed by atoms with Crippen LogP contribution in [0.5, 0.6) is 0 Å². The maximum Gasteiger partial charge on any atom is 0.460 e.